The van der Waals surface area contributed by atoms with Crippen molar-refractivity contribution in [2.24, 2.45) is 5.92 Å². The van der Waals surface area contributed by atoms with E-state index in [1.807, 2.05) is 0 Å². The number of rotatable bonds is 5. The molecule has 0 spiro atoms. The van der Waals surface area contributed by atoms with Gasteiger partial charge in [0.1, 0.15) is 0 Å². The highest BCUT2D eigenvalue weighted by Gasteiger charge is 2.19. The van der Waals surface area contributed by atoms with Gasteiger partial charge in [0.15, 0.2) is 0 Å². The van der Waals surface area contributed by atoms with Gasteiger partial charge in [-0.2, -0.15) is 0 Å². The van der Waals surface area contributed by atoms with Crippen molar-refractivity contribution in [3.63, 3.8) is 0 Å². The van der Waals surface area contributed by atoms with Crippen molar-refractivity contribution in [3.8, 4) is 0 Å². The van der Waals surface area contributed by atoms with Crippen molar-refractivity contribution in [2.75, 3.05) is 0 Å². The first-order valence-corrected chi connectivity index (χ1v) is 7.52. The van der Waals surface area contributed by atoms with E-state index in [0.717, 1.165) is 6.54 Å². The Balaban J connectivity index is 1.75. The number of benzene rings is 2. The van der Waals surface area contributed by atoms with E-state index >= 15 is 0 Å². The third kappa shape index (κ3) is 3.50. The Kier molecular flexibility index (Phi) is 4.32. The van der Waals surface area contributed by atoms with E-state index < -0.39 is 0 Å². The largest absolute Gasteiger partial charge is 0.305 e. The predicted octanol–water partition coefficient (Wildman–Crippen LogP) is 4.57. The number of allylic oxidation sites excluding steroid dienone is 2. The Morgan fingerprint density at radius 1 is 0.905 bits per heavy atom. The summed E-state index contributed by atoms with van der Waals surface area (Å²) >= 11 is 0. The second-order valence-corrected chi connectivity index (χ2v) is 5.60. The lowest BCUT2D eigenvalue weighted by molar-refractivity contribution is 0.475. The number of aryl methyl sites for hydroxylation is 1. The smallest absolute Gasteiger partial charge is 0.0421 e. The second kappa shape index (κ2) is 6.55. The normalized spacial score (nSPS) is 15.5. The average molecular weight is 275 g/mol. The standard InChI is InChI=1S/C20H21N/c1-16-11-13-17(14-12-16)15-21-20(19-9-5-6-10-19)18-7-3-2-4-8-18/h2-14,19-21H,15H2,1H3. The van der Waals surface area contributed by atoms with Crippen molar-refractivity contribution < 1.29 is 0 Å². The number of nitrogens with one attached hydrogen (secondary N) is 1. The summed E-state index contributed by atoms with van der Waals surface area (Å²) in [6, 6.07) is 19.8. The van der Waals surface area contributed by atoms with Crippen LogP contribution in [0.1, 0.15) is 22.7 Å². The molecule has 1 N–H and O–H groups in total. The Bertz CT molecular complexity index is 611. The summed E-state index contributed by atoms with van der Waals surface area (Å²) in [5.74, 6) is 0.429. The molecule has 0 amide bonds. The molecule has 1 aliphatic rings. The zero-order valence-electron chi connectivity index (χ0n) is 12.4. The topological polar surface area (TPSA) is 12.0 Å². The molecular formula is C20H21N. The molecule has 1 aliphatic carbocycles. The van der Waals surface area contributed by atoms with Gasteiger partial charge in [-0.3, -0.25) is 0 Å². The average Bonchev–Trinajstić information content (AvgIpc) is 3.05. The summed E-state index contributed by atoms with van der Waals surface area (Å²) in [6.45, 7) is 3.01. The fourth-order valence-electron chi connectivity index (χ4n) is 2.74. The Morgan fingerprint density at radius 3 is 2.24 bits per heavy atom. The highest BCUT2D eigenvalue weighted by atomic mass is 14.9. The van der Waals surface area contributed by atoms with Crippen LogP contribution in [-0.4, -0.2) is 0 Å². The van der Waals surface area contributed by atoms with Crippen LogP contribution in [0, 0.1) is 12.8 Å². The van der Waals surface area contributed by atoms with Gasteiger partial charge in [0.2, 0.25) is 0 Å². The summed E-state index contributed by atoms with van der Waals surface area (Å²) in [4.78, 5) is 0. The van der Waals surface area contributed by atoms with Crippen LogP contribution in [0.15, 0.2) is 78.9 Å². The van der Waals surface area contributed by atoms with Gasteiger partial charge in [-0.05, 0) is 18.1 Å². The minimum atomic E-state index is 0.322. The summed E-state index contributed by atoms with van der Waals surface area (Å²) in [6.07, 6.45) is 8.79. The van der Waals surface area contributed by atoms with Crippen molar-refractivity contribution in [1.82, 2.24) is 5.32 Å². The van der Waals surface area contributed by atoms with Gasteiger partial charge in [-0.1, -0.05) is 84.5 Å². The summed E-state index contributed by atoms with van der Waals surface area (Å²) in [5, 5.41) is 3.71. The van der Waals surface area contributed by atoms with Crippen LogP contribution in [0.2, 0.25) is 0 Å². The zero-order valence-corrected chi connectivity index (χ0v) is 12.4. The number of hydrogen-bond acceptors (Lipinski definition) is 1. The van der Waals surface area contributed by atoms with Gasteiger partial charge < -0.3 is 5.32 Å². The first kappa shape index (κ1) is 13.8. The summed E-state index contributed by atoms with van der Waals surface area (Å²) < 4.78 is 0. The number of hydrogen-bond donors (Lipinski definition) is 1. The minimum Gasteiger partial charge on any atom is -0.305 e. The highest BCUT2D eigenvalue weighted by molar-refractivity contribution is 5.28. The molecule has 0 aromatic heterocycles. The lowest BCUT2D eigenvalue weighted by Gasteiger charge is -2.23. The first-order chi connectivity index (χ1) is 10.3. The SMILES string of the molecule is Cc1ccc(CNC(c2ccccc2)C2C=CC=C2)cc1. The van der Waals surface area contributed by atoms with Crippen LogP contribution < -0.4 is 5.32 Å². The predicted molar refractivity (Wildman–Crippen MR) is 89.0 cm³/mol. The maximum Gasteiger partial charge on any atom is 0.0421 e. The molecule has 0 aliphatic heterocycles. The first-order valence-electron chi connectivity index (χ1n) is 7.52. The Labute approximate surface area is 127 Å². The van der Waals surface area contributed by atoms with Crippen LogP contribution in [0.5, 0.6) is 0 Å². The maximum absolute atomic E-state index is 3.71. The molecule has 0 bridgehead atoms. The van der Waals surface area contributed by atoms with Gasteiger partial charge >= 0.3 is 0 Å². The van der Waals surface area contributed by atoms with Gasteiger partial charge in [0.25, 0.3) is 0 Å². The van der Waals surface area contributed by atoms with E-state index in [4.69, 9.17) is 0 Å². The van der Waals surface area contributed by atoms with E-state index in [9.17, 15) is 0 Å². The molecule has 0 heterocycles. The van der Waals surface area contributed by atoms with Crippen molar-refractivity contribution in [3.05, 3.63) is 95.6 Å². The molecule has 2 aromatic carbocycles. The molecule has 106 valence electrons. The van der Waals surface area contributed by atoms with Crippen LogP contribution in [0.4, 0.5) is 0 Å². The van der Waals surface area contributed by atoms with E-state index in [-0.39, 0.29) is 0 Å². The molecule has 1 nitrogen and oxygen atoms in total. The molecule has 1 heteroatoms. The Morgan fingerprint density at radius 2 is 1.57 bits per heavy atom. The van der Waals surface area contributed by atoms with Crippen LogP contribution in [0.3, 0.4) is 0 Å². The lowest BCUT2D eigenvalue weighted by Crippen LogP contribution is -2.25. The molecule has 1 atom stereocenters. The van der Waals surface area contributed by atoms with Crippen molar-refractivity contribution in [1.29, 1.82) is 0 Å². The molecule has 1 unspecified atom stereocenters. The molecule has 21 heavy (non-hydrogen) atoms. The third-order valence-electron chi connectivity index (χ3n) is 3.97. The molecular weight excluding hydrogens is 254 g/mol. The van der Waals surface area contributed by atoms with Crippen molar-refractivity contribution in [2.45, 2.75) is 19.5 Å². The zero-order chi connectivity index (χ0) is 14.5. The summed E-state index contributed by atoms with van der Waals surface area (Å²) in [5.41, 5.74) is 3.97. The molecule has 0 saturated heterocycles. The van der Waals surface area contributed by atoms with Crippen LogP contribution >= 0.6 is 0 Å². The monoisotopic (exact) mass is 275 g/mol. The maximum atomic E-state index is 3.71. The van der Waals surface area contributed by atoms with Gasteiger partial charge in [-0.15, -0.1) is 0 Å². The fourth-order valence-corrected chi connectivity index (χ4v) is 2.74. The molecule has 0 saturated carbocycles. The van der Waals surface area contributed by atoms with Gasteiger partial charge in [-0.25, -0.2) is 0 Å². The quantitative estimate of drug-likeness (QED) is 0.843. The third-order valence-corrected chi connectivity index (χ3v) is 3.97. The highest BCUT2D eigenvalue weighted by Crippen LogP contribution is 2.27. The van der Waals surface area contributed by atoms with E-state index in [1.165, 1.54) is 16.7 Å². The minimum absolute atomic E-state index is 0.322. The Hall–Kier alpha value is -2.12. The van der Waals surface area contributed by atoms with E-state index in [2.05, 4.69) is 91.1 Å². The van der Waals surface area contributed by atoms with Gasteiger partial charge in [0, 0.05) is 18.5 Å². The van der Waals surface area contributed by atoms with E-state index in [0.29, 0.717) is 12.0 Å². The van der Waals surface area contributed by atoms with Crippen LogP contribution in [-0.2, 0) is 6.54 Å². The second-order valence-electron chi connectivity index (χ2n) is 5.60. The lowest BCUT2D eigenvalue weighted by atomic mass is 9.94. The molecule has 2 aromatic rings. The molecule has 0 radical (unpaired) electrons. The summed E-state index contributed by atoms with van der Waals surface area (Å²) in [7, 11) is 0. The van der Waals surface area contributed by atoms with Gasteiger partial charge in [0.05, 0.1) is 0 Å². The molecule has 0 fully saturated rings. The van der Waals surface area contributed by atoms with Crippen LogP contribution in [0.25, 0.3) is 0 Å². The van der Waals surface area contributed by atoms with E-state index in [1.54, 1.807) is 0 Å². The van der Waals surface area contributed by atoms with Crippen molar-refractivity contribution >= 4 is 0 Å². The fraction of sp³-hybridized carbons (Fsp3) is 0.200. The molecule has 3 rings (SSSR count).